The normalized spacial score (nSPS) is 16.0. The predicted octanol–water partition coefficient (Wildman–Crippen LogP) is 1.98. The minimum absolute atomic E-state index is 0.000721. The summed E-state index contributed by atoms with van der Waals surface area (Å²) in [5.74, 6) is 0.00631. The van der Waals surface area contributed by atoms with E-state index < -0.39 is 10.0 Å². The first-order valence-corrected chi connectivity index (χ1v) is 11.0. The number of rotatable bonds is 5. The molecule has 8 heteroatoms. The van der Waals surface area contributed by atoms with Gasteiger partial charge in [-0.3, -0.25) is 4.79 Å². The molecule has 1 aromatic carbocycles. The second kappa shape index (κ2) is 7.85. The van der Waals surface area contributed by atoms with E-state index in [4.69, 9.17) is 0 Å². The van der Waals surface area contributed by atoms with Crippen LogP contribution in [0.2, 0.25) is 0 Å². The molecule has 0 N–H and O–H groups in total. The van der Waals surface area contributed by atoms with Gasteiger partial charge in [-0.05, 0) is 19.4 Å². The van der Waals surface area contributed by atoms with Crippen LogP contribution < -0.4 is 0 Å². The van der Waals surface area contributed by atoms with E-state index in [9.17, 15) is 13.2 Å². The van der Waals surface area contributed by atoms with Gasteiger partial charge in [0, 0.05) is 31.6 Å². The van der Waals surface area contributed by atoms with Crippen LogP contribution in [0.15, 0.2) is 29.6 Å². The summed E-state index contributed by atoms with van der Waals surface area (Å²) in [6, 6.07) is 7.55. The highest BCUT2D eigenvalue weighted by Gasteiger charge is 2.29. The van der Waals surface area contributed by atoms with Gasteiger partial charge >= 0.3 is 0 Å². The lowest BCUT2D eigenvalue weighted by molar-refractivity contribution is -0.131. The van der Waals surface area contributed by atoms with Crippen molar-refractivity contribution in [3.05, 3.63) is 51.5 Å². The van der Waals surface area contributed by atoms with Crippen molar-refractivity contribution in [2.24, 2.45) is 0 Å². The van der Waals surface area contributed by atoms with Gasteiger partial charge in [-0.15, -0.1) is 11.3 Å². The van der Waals surface area contributed by atoms with Crippen molar-refractivity contribution in [1.82, 2.24) is 14.2 Å². The van der Waals surface area contributed by atoms with Crippen molar-refractivity contribution in [2.75, 3.05) is 26.2 Å². The van der Waals surface area contributed by atoms with Gasteiger partial charge in [-0.1, -0.05) is 29.8 Å². The van der Waals surface area contributed by atoms with Gasteiger partial charge in [0.05, 0.1) is 22.9 Å². The summed E-state index contributed by atoms with van der Waals surface area (Å²) in [4.78, 5) is 18.4. The summed E-state index contributed by atoms with van der Waals surface area (Å²) in [6.07, 6.45) is 0.278. The quantitative estimate of drug-likeness (QED) is 0.779. The molecule has 2 heterocycles. The highest BCUT2D eigenvalue weighted by Crippen LogP contribution is 2.16. The summed E-state index contributed by atoms with van der Waals surface area (Å²) in [7, 11) is -3.37. The predicted molar refractivity (Wildman–Crippen MR) is 103 cm³/mol. The van der Waals surface area contributed by atoms with Crippen LogP contribution in [-0.4, -0.2) is 54.7 Å². The Balaban J connectivity index is 1.56. The Morgan fingerprint density at radius 3 is 2.54 bits per heavy atom. The summed E-state index contributed by atoms with van der Waals surface area (Å²) in [5, 5.41) is 2.84. The maximum Gasteiger partial charge on any atom is 0.228 e. The zero-order valence-electron chi connectivity index (χ0n) is 15.0. The van der Waals surface area contributed by atoms with E-state index in [0.29, 0.717) is 26.2 Å². The molecule has 0 spiro atoms. The van der Waals surface area contributed by atoms with Gasteiger partial charge in [0.1, 0.15) is 0 Å². The molecular formula is C18H23N3O3S2. The average molecular weight is 394 g/mol. The number of carbonyl (C=O) groups is 1. The monoisotopic (exact) mass is 393 g/mol. The fraction of sp³-hybridized carbons (Fsp3) is 0.444. The highest BCUT2D eigenvalue weighted by atomic mass is 32.2. The lowest BCUT2D eigenvalue weighted by atomic mass is 10.2. The molecule has 3 rings (SSSR count). The second-order valence-electron chi connectivity index (χ2n) is 6.56. The molecule has 1 aromatic heterocycles. The number of aryl methyl sites for hydroxylation is 2. The van der Waals surface area contributed by atoms with Crippen LogP contribution in [0.25, 0.3) is 0 Å². The number of benzene rings is 1. The minimum atomic E-state index is -3.37. The van der Waals surface area contributed by atoms with Crippen molar-refractivity contribution < 1.29 is 13.2 Å². The van der Waals surface area contributed by atoms with Gasteiger partial charge in [-0.25, -0.2) is 13.4 Å². The smallest absolute Gasteiger partial charge is 0.228 e. The minimum Gasteiger partial charge on any atom is -0.340 e. The highest BCUT2D eigenvalue weighted by molar-refractivity contribution is 7.88. The molecule has 1 fully saturated rings. The third-order valence-corrected chi connectivity index (χ3v) is 7.09. The maximum atomic E-state index is 12.7. The van der Waals surface area contributed by atoms with E-state index >= 15 is 0 Å². The molecule has 1 amide bonds. The third-order valence-electron chi connectivity index (χ3n) is 4.42. The maximum absolute atomic E-state index is 12.7. The van der Waals surface area contributed by atoms with Crippen molar-refractivity contribution in [3.63, 3.8) is 0 Å². The molecule has 1 aliphatic heterocycles. The van der Waals surface area contributed by atoms with Crippen molar-refractivity contribution >= 4 is 27.3 Å². The van der Waals surface area contributed by atoms with Crippen molar-refractivity contribution in [3.8, 4) is 0 Å². The van der Waals surface area contributed by atoms with Gasteiger partial charge in [-0.2, -0.15) is 4.31 Å². The molecule has 6 nitrogen and oxygen atoms in total. The summed E-state index contributed by atoms with van der Waals surface area (Å²) in [5.41, 5.74) is 2.62. The fourth-order valence-electron chi connectivity index (χ4n) is 3.08. The van der Waals surface area contributed by atoms with Crippen LogP contribution >= 0.6 is 11.3 Å². The van der Waals surface area contributed by atoms with Crippen LogP contribution in [0.3, 0.4) is 0 Å². The fourth-order valence-corrected chi connectivity index (χ4v) is 5.19. The number of sulfonamides is 1. The number of amides is 1. The van der Waals surface area contributed by atoms with E-state index in [1.165, 1.54) is 15.6 Å². The standard InChI is InChI=1S/C18H23N3O3S2/c1-14-4-3-5-16(10-14)13-26(23,24)21-8-6-20(7-9-21)18(22)11-17-12-25-15(2)19-17/h3-5,10,12H,6-9,11,13H2,1-2H3. The molecule has 1 aliphatic rings. The van der Waals surface area contributed by atoms with E-state index in [2.05, 4.69) is 4.98 Å². The Bertz CT molecular complexity index is 885. The van der Waals surface area contributed by atoms with Gasteiger partial charge in [0.15, 0.2) is 0 Å². The molecule has 0 saturated carbocycles. The second-order valence-corrected chi connectivity index (χ2v) is 9.59. The zero-order chi connectivity index (χ0) is 18.7. The number of carbonyl (C=O) groups excluding carboxylic acids is 1. The number of thiazole rings is 1. The van der Waals surface area contributed by atoms with Crippen molar-refractivity contribution in [1.29, 1.82) is 0 Å². The summed E-state index contributed by atoms with van der Waals surface area (Å²) in [6.45, 7) is 5.40. The van der Waals surface area contributed by atoms with Crippen LogP contribution in [0.1, 0.15) is 21.8 Å². The van der Waals surface area contributed by atoms with Crippen LogP contribution in [0.4, 0.5) is 0 Å². The molecule has 0 atom stereocenters. The first kappa shape index (κ1) is 19.0. The molecule has 0 bridgehead atoms. The van der Waals surface area contributed by atoms with Crippen LogP contribution in [-0.2, 0) is 27.0 Å². The van der Waals surface area contributed by atoms with Gasteiger partial charge in [0.2, 0.25) is 15.9 Å². The first-order valence-electron chi connectivity index (χ1n) is 8.55. The lowest BCUT2D eigenvalue weighted by Crippen LogP contribution is -2.51. The Morgan fingerprint density at radius 2 is 1.92 bits per heavy atom. The van der Waals surface area contributed by atoms with Crippen molar-refractivity contribution in [2.45, 2.75) is 26.0 Å². The topological polar surface area (TPSA) is 70.6 Å². The number of aromatic nitrogens is 1. The Kier molecular flexibility index (Phi) is 5.74. The van der Waals surface area contributed by atoms with E-state index in [-0.39, 0.29) is 18.1 Å². The number of hydrogen-bond donors (Lipinski definition) is 0. The molecule has 1 saturated heterocycles. The molecule has 26 heavy (non-hydrogen) atoms. The van der Waals surface area contributed by atoms with Crippen LogP contribution in [0.5, 0.6) is 0 Å². The van der Waals surface area contributed by atoms with E-state index in [1.807, 2.05) is 43.5 Å². The summed E-state index contributed by atoms with van der Waals surface area (Å²) < 4.78 is 26.8. The zero-order valence-corrected chi connectivity index (χ0v) is 16.6. The molecule has 140 valence electrons. The number of piperazine rings is 1. The Morgan fingerprint density at radius 1 is 1.19 bits per heavy atom. The molecule has 2 aromatic rings. The molecular weight excluding hydrogens is 370 g/mol. The van der Waals surface area contributed by atoms with Gasteiger partial charge < -0.3 is 4.90 Å². The largest absolute Gasteiger partial charge is 0.340 e. The van der Waals surface area contributed by atoms with Crippen LogP contribution in [0, 0.1) is 13.8 Å². The number of nitrogens with zero attached hydrogens (tertiary/aromatic N) is 3. The average Bonchev–Trinajstić information content (AvgIpc) is 2.99. The molecule has 0 radical (unpaired) electrons. The van der Waals surface area contributed by atoms with E-state index in [0.717, 1.165) is 21.8 Å². The SMILES string of the molecule is Cc1cccc(CS(=O)(=O)N2CCN(C(=O)Cc3csc(C)n3)CC2)c1. The van der Waals surface area contributed by atoms with Gasteiger partial charge in [0.25, 0.3) is 0 Å². The first-order chi connectivity index (χ1) is 12.3. The Labute approximate surface area is 158 Å². The van der Waals surface area contributed by atoms with E-state index in [1.54, 1.807) is 4.90 Å². The summed E-state index contributed by atoms with van der Waals surface area (Å²) >= 11 is 1.53. The Hall–Kier alpha value is -1.77. The molecule has 0 aliphatic carbocycles. The number of hydrogen-bond acceptors (Lipinski definition) is 5. The molecule has 0 unspecified atom stereocenters. The lowest BCUT2D eigenvalue weighted by Gasteiger charge is -2.34. The third kappa shape index (κ3) is 4.69.